The Kier molecular flexibility index (Phi) is 5.97. The first-order valence-corrected chi connectivity index (χ1v) is 8.28. The van der Waals surface area contributed by atoms with Crippen molar-refractivity contribution in [3.63, 3.8) is 0 Å². The van der Waals surface area contributed by atoms with Crippen molar-refractivity contribution in [1.29, 1.82) is 0 Å². The molecule has 2 N–H and O–H groups in total. The first-order chi connectivity index (χ1) is 11.4. The summed E-state index contributed by atoms with van der Waals surface area (Å²) in [5.41, 5.74) is 0.262. The summed E-state index contributed by atoms with van der Waals surface area (Å²) < 4.78 is 5.54. The van der Waals surface area contributed by atoms with Gasteiger partial charge in [-0.2, -0.15) is 0 Å². The number of ketones is 1. The van der Waals surface area contributed by atoms with Crippen LogP contribution in [0.2, 0.25) is 0 Å². The number of carbonyl (C=O) groups is 4. The van der Waals surface area contributed by atoms with Gasteiger partial charge in [0.15, 0.2) is 11.7 Å². The molecule has 2 rings (SSSR count). The van der Waals surface area contributed by atoms with Crippen molar-refractivity contribution < 1.29 is 29.0 Å². The zero-order chi connectivity index (χ0) is 17.7. The molecule has 1 aromatic rings. The Morgan fingerprint density at radius 2 is 2.08 bits per heavy atom. The first-order valence-electron chi connectivity index (χ1n) is 7.46. The van der Waals surface area contributed by atoms with Crippen LogP contribution < -0.4 is 10.1 Å². The molecule has 0 bridgehead atoms. The Balaban J connectivity index is 2.15. The maximum absolute atomic E-state index is 12.4. The molecule has 0 radical (unpaired) electrons. The van der Waals surface area contributed by atoms with Crippen molar-refractivity contribution in [1.82, 2.24) is 5.32 Å². The fourth-order valence-corrected chi connectivity index (χ4v) is 3.14. The number of carboxylic acids is 1. The zero-order valence-corrected chi connectivity index (χ0v) is 13.9. The van der Waals surface area contributed by atoms with Crippen LogP contribution in [0, 0.1) is 5.92 Å². The fourth-order valence-electron chi connectivity index (χ4n) is 2.14. The van der Waals surface area contributed by atoms with Crippen LogP contribution in [-0.4, -0.2) is 41.0 Å². The van der Waals surface area contributed by atoms with Crippen LogP contribution >= 0.6 is 11.8 Å². The molecule has 0 fully saturated rings. The van der Waals surface area contributed by atoms with Crippen molar-refractivity contribution in [2.24, 2.45) is 5.92 Å². The lowest BCUT2D eigenvalue weighted by molar-refractivity contribution is -0.139. The lowest BCUT2D eigenvalue weighted by Gasteiger charge is -2.21. The lowest BCUT2D eigenvalue weighted by Crippen LogP contribution is -2.42. The second kappa shape index (κ2) is 7.96. The van der Waals surface area contributed by atoms with Crippen LogP contribution in [0.25, 0.3) is 0 Å². The van der Waals surface area contributed by atoms with E-state index in [9.17, 15) is 19.2 Å². The van der Waals surface area contributed by atoms with E-state index in [-0.39, 0.29) is 5.56 Å². The van der Waals surface area contributed by atoms with Crippen LogP contribution in [0.1, 0.15) is 30.1 Å². The van der Waals surface area contributed by atoms with Gasteiger partial charge in [0.05, 0.1) is 6.61 Å². The molecule has 0 aliphatic carbocycles. The molecular formula is C16H17NO6S. The third kappa shape index (κ3) is 4.14. The van der Waals surface area contributed by atoms with E-state index in [0.29, 0.717) is 17.3 Å². The smallest absolute Gasteiger partial charge is 0.322 e. The van der Waals surface area contributed by atoms with Gasteiger partial charge in [-0.15, -0.1) is 0 Å². The summed E-state index contributed by atoms with van der Waals surface area (Å²) in [7, 11) is 0. The summed E-state index contributed by atoms with van der Waals surface area (Å²) in [6.07, 6.45) is 1.89. The first kappa shape index (κ1) is 18.0. The number of unbranched alkanes of at least 4 members (excludes halogenated alkanes) is 1. The quantitative estimate of drug-likeness (QED) is 0.566. The molecule has 24 heavy (non-hydrogen) atoms. The summed E-state index contributed by atoms with van der Waals surface area (Å²) in [6, 6.07) is 4.75. The van der Waals surface area contributed by atoms with E-state index in [0.717, 1.165) is 24.6 Å². The second-order valence-corrected chi connectivity index (χ2v) is 6.24. The molecule has 0 aromatic heterocycles. The minimum absolute atomic E-state index is 0.262. The highest BCUT2D eigenvalue weighted by Gasteiger charge is 2.40. The molecule has 1 atom stereocenters. The number of amides is 1. The van der Waals surface area contributed by atoms with Crippen LogP contribution in [0.5, 0.6) is 5.75 Å². The van der Waals surface area contributed by atoms with Crippen LogP contribution in [0.15, 0.2) is 23.1 Å². The van der Waals surface area contributed by atoms with E-state index in [1.807, 2.05) is 6.92 Å². The number of hydrogen-bond acceptors (Lipinski definition) is 6. The monoisotopic (exact) mass is 351 g/mol. The lowest BCUT2D eigenvalue weighted by atomic mass is 9.97. The standard InChI is InChI=1S/C16H17NO6S/c1-2-3-6-23-9-4-5-10-11(7-9)24-16(22)13(14(10)20)15(21)17-8-12(18)19/h4-5,7,13H,2-3,6,8H2,1H3,(H,17,21)(H,18,19). The number of carboxylic acid groups (broad SMARTS) is 1. The Hall–Kier alpha value is -2.35. The van der Waals surface area contributed by atoms with Crippen molar-refractivity contribution in [3.8, 4) is 5.75 Å². The second-order valence-electron chi connectivity index (χ2n) is 5.19. The number of rotatable bonds is 7. The number of thioether (sulfide) groups is 1. The van der Waals surface area contributed by atoms with Crippen LogP contribution in [0.3, 0.4) is 0 Å². The topological polar surface area (TPSA) is 110 Å². The van der Waals surface area contributed by atoms with Gasteiger partial charge in [0.1, 0.15) is 12.3 Å². The van der Waals surface area contributed by atoms with Gasteiger partial charge in [0.2, 0.25) is 11.0 Å². The predicted molar refractivity (Wildman–Crippen MR) is 86.2 cm³/mol. The minimum atomic E-state index is -1.52. The third-order valence-electron chi connectivity index (χ3n) is 3.37. The summed E-state index contributed by atoms with van der Waals surface area (Å²) in [5, 5.41) is 10.0. The molecule has 0 saturated carbocycles. The Bertz CT molecular complexity index is 687. The van der Waals surface area contributed by atoms with Gasteiger partial charge in [-0.25, -0.2) is 0 Å². The van der Waals surface area contributed by atoms with Gasteiger partial charge in [0, 0.05) is 10.5 Å². The number of fused-ring (bicyclic) bond motifs is 1. The predicted octanol–water partition coefficient (Wildman–Crippen LogP) is 1.50. The molecule has 128 valence electrons. The molecule has 0 spiro atoms. The largest absolute Gasteiger partial charge is 0.494 e. The summed E-state index contributed by atoms with van der Waals surface area (Å²) in [5.74, 6) is -3.73. The molecule has 0 saturated heterocycles. The van der Waals surface area contributed by atoms with E-state index in [2.05, 4.69) is 5.32 Å². The van der Waals surface area contributed by atoms with Crippen molar-refractivity contribution >= 4 is 34.5 Å². The molecule has 8 heteroatoms. The molecule has 1 amide bonds. The fraction of sp³-hybridized carbons (Fsp3) is 0.375. The van der Waals surface area contributed by atoms with Crippen molar-refractivity contribution in [3.05, 3.63) is 23.8 Å². The molecule has 1 heterocycles. The molecule has 1 unspecified atom stereocenters. The summed E-state index contributed by atoms with van der Waals surface area (Å²) in [6.45, 7) is 1.94. The van der Waals surface area contributed by atoms with E-state index in [4.69, 9.17) is 9.84 Å². The van der Waals surface area contributed by atoms with E-state index in [1.165, 1.54) is 6.07 Å². The number of benzene rings is 1. The summed E-state index contributed by atoms with van der Waals surface area (Å²) in [4.78, 5) is 47.4. The Labute approximate surface area is 142 Å². The Morgan fingerprint density at radius 3 is 2.75 bits per heavy atom. The number of aliphatic carboxylic acids is 1. The van der Waals surface area contributed by atoms with Gasteiger partial charge in [-0.1, -0.05) is 13.3 Å². The number of nitrogens with one attached hydrogen (secondary N) is 1. The highest BCUT2D eigenvalue weighted by molar-refractivity contribution is 8.14. The maximum Gasteiger partial charge on any atom is 0.322 e. The third-order valence-corrected chi connectivity index (χ3v) is 4.36. The van der Waals surface area contributed by atoms with Gasteiger partial charge < -0.3 is 15.2 Å². The van der Waals surface area contributed by atoms with E-state index in [1.54, 1.807) is 12.1 Å². The summed E-state index contributed by atoms with van der Waals surface area (Å²) >= 11 is 0.792. The molecule has 1 aliphatic rings. The van der Waals surface area contributed by atoms with Gasteiger partial charge in [-0.05, 0) is 36.4 Å². The molecule has 7 nitrogen and oxygen atoms in total. The average molecular weight is 351 g/mol. The number of carbonyl (C=O) groups excluding carboxylic acids is 3. The van der Waals surface area contributed by atoms with Crippen LogP contribution in [-0.2, 0) is 14.4 Å². The van der Waals surface area contributed by atoms with E-state index >= 15 is 0 Å². The number of ether oxygens (including phenoxy) is 1. The zero-order valence-electron chi connectivity index (χ0n) is 13.0. The average Bonchev–Trinajstić information content (AvgIpc) is 2.53. The number of hydrogen-bond donors (Lipinski definition) is 2. The molecule has 1 aromatic carbocycles. The number of Topliss-reactive ketones (excluding diaryl/α,β-unsaturated/α-hetero) is 1. The SMILES string of the molecule is CCCCOc1ccc2c(c1)SC(=O)C(C(=O)NCC(=O)O)C2=O. The highest BCUT2D eigenvalue weighted by Crippen LogP contribution is 2.36. The van der Waals surface area contributed by atoms with Crippen LogP contribution in [0.4, 0.5) is 0 Å². The van der Waals surface area contributed by atoms with Gasteiger partial charge in [-0.3, -0.25) is 19.2 Å². The van der Waals surface area contributed by atoms with E-state index < -0.39 is 35.2 Å². The minimum Gasteiger partial charge on any atom is -0.494 e. The van der Waals surface area contributed by atoms with Crippen molar-refractivity contribution in [2.45, 2.75) is 24.7 Å². The molecular weight excluding hydrogens is 334 g/mol. The normalized spacial score (nSPS) is 16.5. The maximum atomic E-state index is 12.4. The molecule has 1 aliphatic heterocycles. The Morgan fingerprint density at radius 1 is 1.33 bits per heavy atom. The highest BCUT2D eigenvalue weighted by atomic mass is 32.2. The van der Waals surface area contributed by atoms with Crippen molar-refractivity contribution in [2.75, 3.05) is 13.2 Å². The van der Waals surface area contributed by atoms with Gasteiger partial charge >= 0.3 is 5.97 Å². The van der Waals surface area contributed by atoms with Gasteiger partial charge in [0.25, 0.3) is 0 Å².